The van der Waals surface area contributed by atoms with Crippen LogP contribution < -0.4 is 0 Å². The minimum absolute atomic E-state index is 0.0785. The monoisotopic (exact) mass is 410 g/mol. The summed E-state index contributed by atoms with van der Waals surface area (Å²) in [6.07, 6.45) is 5.27. The van der Waals surface area contributed by atoms with Crippen molar-refractivity contribution >= 4 is 11.8 Å². The highest BCUT2D eigenvalue weighted by molar-refractivity contribution is 7.99. The first-order valence-electron chi connectivity index (χ1n) is 10.5. The Morgan fingerprint density at radius 3 is 2.29 bits per heavy atom. The predicted molar refractivity (Wildman–Crippen MR) is 111 cm³/mol. The van der Waals surface area contributed by atoms with Gasteiger partial charge < -0.3 is 23.7 Å². The van der Waals surface area contributed by atoms with Crippen LogP contribution in [0.4, 0.5) is 0 Å². The van der Waals surface area contributed by atoms with Crippen molar-refractivity contribution in [3.63, 3.8) is 0 Å². The number of thioether (sulfide) groups is 1. The second-order valence-corrected chi connectivity index (χ2v) is 8.27. The molecule has 2 saturated heterocycles. The Morgan fingerprint density at radius 2 is 1.64 bits per heavy atom. The van der Waals surface area contributed by atoms with E-state index < -0.39 is 6.29 Å². The van der Waals surface area contributed by atoms with Gasteiger partial charge in [-0.15, -0.1) is 11.8 Å². The standard InChI is InChI=1S/C22H34O5S/c1-4-6-13-23-19-18-17(26-22(28-3)20(19)24-14-7-5-2)15-25-21(27-18)16-11-9-8-10-12-16/h8-12,17-22H,4-7,13-15H2,1-3H3/t17?,18-,19?,20?,21?,22+/m1/s1. The third-order valence-corrected chi connectivity index (χ3v) is 6.05. The summed E-state index contributed by atoms with van der Waals surface area (Å²) in [4.78, 5) is 0. The van der Waals surface area contributed by atoms with Gasteiger partial charge in [-0.05, 0) is 19.1 Å². The molecule has 3 rings (SSSR count). The average Bonchev–Trinajstić information content (AvgIpc) is 2.75. The molecule has 0 aromatic heterocycles. The van der Waals surface area contributed by atoms with Gasteiger partial charge in [0.1, 0.15) is 29.9 Å². The zero-order valence-corrected chi connectivity index (χ0v) is 18.1. The zero-order valence-electron chi connectivity index (χ0n) is 17.3. The largest absolute Gasteiger partial charge is 0.373 e. The molecular weight excluding hydrogens is 376 g/mol. The number of unbranched alkanes of at least 4 members (excludes halogenated alkanes) is 2. The molecule has 0 N–H and O–H groups in total. The summed E-state index contributed by atoms with van der Waals surface area (Å²) in [5.41, 5.74) is 0.939. The Balaban J connectivity index is 1.76. The molecule has 2 heterocycles. The molecule has 0 aliphatic carbocycles. The van der Waals surface area contributed by atoms with Crippen molar-refractivity contribution in [3.8, 4) is 0 Å². The fraction of sp³-hybridized carbons (Fsp3) is 0.727. The van der Waals surface area contributed by atoms with E-state index in [0.717, 1.165) is 31.2 Å². The number of rotatable bonds is 10. The van der Waals surface area contributed by atoms with E-state index in [0.29, 0.717) is 19.8 Å². The minimum atomic E-state index is -0.398. The minimum Gasteiger partial charge on any atom is -0.373 e. The topological polar surface area (TPSA) is 46.2 Å². The van der Waals surface area contributed by atoms with Crippen molar-refractivity contribution < 1.29 is 23.7 Å². The van der Waals surface area contributed by atoms with E-state index in [1.807, 2.05) is 30.3 Å². The maximum atomic E-state index is 6.39. The third kappa shape index (κ3) is 5.49. The van der Waals surface area contributed by atoms with E-state index in [9.17, 15) is 0 Å². The van der Waals surface area contributed by atoms with Crippen LogP contribution in [0.25, 0.3) is 0 Å². The lowest BCUT2D eigenvalue weighted by Gasteiger charge is -2.49. The van der Waals surface area contributed by atoms with Crippen molar-refractivity contribution in [1.29, 1.82) is 0 Å². The molecule has 5 nitrogen and oxygen atoms in total. The van der Waals surface area contributed by atoms with Crippen molar-refractivity contribution in [1.82, 2.24) is 0 Å². The molecule has 6 heteroatoms. The van der Waals surface area contributed by atoms with Gasteiger partial charge in [-0.2, -0.15) is 0 Å². The van der Waals surface area contributed by atoms with E-state index in [1.54, 1.807) is 11.8 Å². The third-order valence-electron chi connectivity index (χ3n) is 5.20. The number of fused-ring (bicyclic) bond motifs is 1. The molecule has 6 atom stereocenters. The highest BCUT2D eigenvalue weighted by Gasteiger charge is 2.50. The lowest BCUT2D eigenvalue weighted by Crippen LogP contribution is -2.62. The summed E-state index contributed by atoms with van der Waals surface area (Å²) in [5, 5.41) is 0. The quantitative estimate of drug-likeness (QED) is 0.527. The molecule has 4 unspecified atom stereocenters. The van der Waals surface area contributed by atoms with Crippen LogP contribution in [-0.2, 0) is 23.7 Å². The molecule has 1 aromatic rings. The molecule has 0 radical (unpaired) electrons. The summed E-state index contributed by atoms with van der Waals surface area (Å²) in [6.45, 7) is 6.26. The van der Waals surface area contributed by atoms with Crippen LogP contribution in [0.5, 0.6) is 0 Å². The van der Waals surface area contributed by atoms with Crippen molar-refractivity contribution in [2.75, 3.05) is 26.1 Å². The molecule has 0 bridgehead atoms. The summed E-state index contributed by atoms with van der Waals surface area (Å²) < 4.78 is 31.3. The summed E-state index contributed by atoms with van der Waals surface area (Å²) in [5.74, 6) is 0. The highest BCUT2D eigenvalue weighted by atomic mass is 32.2. The van der Waals surface area contributed by atoms with Gasteiger partial charge >= 0.3 is 0 Å². The molecule has 0 amide bonds. The number of hydrogen-bond acceptors (Lipinski definition) is 6. The van der Waals surface area contributed by atoms with Gasteiger partial charge in [0.25, 0.3) is 0 Å². The Labute approximate surface area is 173 Å². The fourth-order valence-corrected chi connectivity index (χ4v) is 4.36. The van der Waals surface area contributed by atoms with E-state index in [4.69, 9.17) is 23.7 Å². The smallest absolute Gasteiger partial charge is 0.184 e. The van der Waals surface area contributed by atoms with E-state index in [2.05, 4.69) is 20.1 Å². The Kier molecular flexibility index (Phi) is 9.08. The Bertz CT molecular complexity index is 557. The second kappa shape index (κ2) is 11.5. The van der Waals surface area contributed by atoms with Crippen LogP contribution >= 0.6 is 11.8 Å². The van der Waals surface area contributed by atoms with Gasteiger partial charge in [-0.25, -0.2) is 0 Å². The maximum absolute atomic E-state index is 6.39. The highest BCUT2D eigenvalue weighted by Crippen LogP contribution is 2.38. The SMILES string of the molecule is CCCCOC1C(OCCCC)[C@H](SC)OC2COC(c3ccccc3)O[C@H]21. The molecule has 28 heavy (non-hydrogen) atoms. The summed E-state index contributed by atoms with van der Waals surface area (Å²) >= 11 is 1.67. The average molecular weight is 411 g/mol. The zero-order chi connectivity index (χ0) is 19.8. The van der Waals surface area contributed by atoms with Crippen LogP contribution in [0, 0.1) is 0 Å². The second-order valence-electron chi connectivity index (χ2n) is 7.33. The van der Waals surface area contributed by atoms with Crippen LogP contribution in [0.3, 0.4) is 0 Å². The van der Waals surface area contributed by atoms with E-state index >= 15 is 0 Å². The van der Waals surface area contributed by atoms with Crippen molar-refractivity contribution in [2.24, 2.45) is 0 Å². The predicted octanol–water partition coefficient (Wildman–Crippen LogP) is 4.56. The van der Waals surface area contributed by atoms with Crippen LogP contribution in [0.1, 0.15) is 51.4 Å². The number of ether oxygens (including phenoxy) is 5. The van der Waals surface area contributed by atoms with Crippen LogP contribution in [0.2, 0.25) is 0 Å². The van der Waals surface area contributed by atoms with Crippen LogP contribution in [-0.4, -0.2) is 55.9 Å². The van der Waals surface area contributed by atoms with Crippen molar-refractivity contribution in [3.05, 3.63) is 35.9 Å². The molecule has 158 valence electrons. The van der Waals surface area contributed by atoms with Gasteiger partial charge in [-0.1, -0.05) is 57.0 Å². The molecule has 1 aromatic carbocycles. The molecule has 0 spiro atoms. The number of benzene rings is 1. The fourth-order valence-electron chi connectivity index (χ4n) is 3.61. The van der Waals surface area contributed by atoms with E-state index in [-0.39, 0.29) is 29.9 Å². The Morgan fingerprint density at radius 1 is 0.964 bits per heavy atom. The molecule has 2 aliphatic heterocycles. The van der Waals surface area contributed by atoms with E-state index in [1.165, 1.54) is 0 Å². The van der Waals surface area contributed by atoms with Gasteiger partial charge in [-0.3, -0.25) is 0 Å². The maximum Gasteiger partial charge on any atom is 0.184 e. The summed E-state index contributed by atoms with van der Waals surface area (Å²) in [6, 6.07) is 10.1. The van der Waals surface area contributed by atoms with Crippen LogP contribution in [0.15, 0.2) is 30.3 Å². The number of hydrogen-bond donors (Lipinski definition) is 0. The van der Waals surface area contributed by atoms with Crippen molar-refractivity contribution in [2.45, 2.75) is 75.7 Å². The molecule has 0 saturated carbocycles. The lowest BCUT2D eigenvalue weighted by atomic mass is 9.98. The van der Waals surface area contributed by atoms with Gasteiger partial charge in [0.15, 0.2) is 6.29 Å². The first-order chi connectivity index (χ1) is 13.8. The Hall–Kier alpha value is -0.630. The molecular formula is C22H34O5S. The first-order valence-corrected chi connectivity index (χ1v) is 11.8. The molecule has 2 fully saturated rings. The normalized spacial score (nSPS) is 32.8. The lowest BCUT2D eigenvalue weighted by molar-refractivity contribution is -0.327. The van der Waals surface area contributed by atoms with Gasteiger partial charge in [0.2, 0.25) is 0 Å². The first kappa shape index (κ1) is 22.1. The molecule has 2 aliphatic rings. The van der Waals surface area contributed by atoms with Gasteiger partial charge in [0.05, 0.1) is 6.61 Å². The van der Waals surface area contributed by atoms with Gasteiger partial charge in [0, 0.05) is 18.8 Å². The summed E-state index contributed by atoms with van der Waals surface area (Å²) in [7, 11) is 0.